The first-order valence-electron chi connectivity index (χ1n) is 10.5. The van der Waals surface area contributed by atoms with Crippen molar-refractivity contribution in [3.63, 3.8) is 0 Å². The number of methoxy groups -OCH3 is 2. The molecular weight excluding hydrogens is 433 g/mol. The summed E-state index contributed by atoms with van der Waals surface area (Å²) in [4.78, 5) is 15.0. The Morgan fingerprint density at radius 2 is 1.82 bits per heavy atom. The number of rotatable bonds is 10. The molecule has 2 aromatic carbocycles. The number of halogens is 3. The minimum absolute atomic E-state index is 0.156. The van der Waals surface area contributed by atoms with E-state index in [0.29, 0.717) is 43.0 Å². The lowest BCUT2D eigenvalue weighted by atomic mass is 10.1. The molecule has 0 saturated carbocycles. The second-order valence-electron chi connectivity index (χ2n) is 7.63. The average molecular weight is 460 g/mol. The van der Waals surface area contributed by atoms with Crippen LogP contribution in [0.2, 0.25) is 0 Å². The largest absolute Gasteiger partial charge is 0.497 e. The van der Waals surface area contributed by atoms with Gasteiger partial charge in [0.2, 0.25) is 0 Å². The van der Waals surface area contributed by atoms with Crippen molar-refractivity contribution in [1.29, 1.82) is 0 Å². The molecule has 1 amide bonds. The van der Waals surface area contributed by atoms with Gasteiger partial charge in [0.1, 0.15) is 5.75 Å². The number of hydrogen-bond acceptors (Lipinski definition) is 3. The highest BCUT2D eigenvalue weighted by atomic mass is 19.4. The van der Waals surface area contributed by atoms with E-state index < -0.39 is 11.7 Å². The fourth-order valence-corrected chi connectivity index (χ4v) is 3.58. The summed E-state index contributed by atoms with van der Waals surface area (Å²) in [6.45, 7) is 1.56. The third-order valence-electron chi connectivity index (χ3n) is 5.26. The van der Waals surface area contributed by atoms with E-state index in [-0.39, 0.29) is 12.5 Å². The number of carbonyl (C=O) groups is 1. The van der Waals surface area contributed by atoms with Crippen LogP contribution in [0.5, 0.6) is 5.75 Å². The van der Waals surface area contributed by atoms with Crippen LogP contribution in [0.4, 0.5) is 13.2 Å². The first kappa shape index (κ1) is 24.4. The van der Waals surface area contributed by atoms with Crippen molar-refractivity contribution >= 4 is 5.91 Å². The normalized spacial score (nSPS) is 11.4. The number of aromatic nitrogens is 1. The molecule has 0 fully saturated rings. The number of alkyl halides is 3. The second kappa shape index (κ2) is 11.0. The van der Waals surface area contributed by atoms with Gasteiger partial charge in [-0.15, -0.1) is 0 Å². The lowest BCUT2D eigenvalue weighted by molar-refractivity contribution is -0.137. The van der Waals surface area contributed by atoms with Gasteiger partial charge in [0, 0.05) is 44.3 Å². The van der Waals surface area contributed by atoms with Crippen molar-refractivity contribution in [3.8, 4) is 5.75 Å². The quantitative estimate of drug-likeness (QED) is 0.389. The lowest BCUT2D eigenvalue weighted by Gasteiger charge is -2.24. The second-order valence-corrected chi connectivity index (χ2v) is 7.63. The molecule has 5 nitrogen and oxygen atoms in total. The van der Waals surface area contributed by atoms with E-state index in [1.165, 1.54) is 6.07 Å². The molecule has 0 bridgehead atoms. The molecule has 1 aromatic heterocycles. The maximum Gasteiger partial charge on any atom is 0.416 e. The first-order valence-corrected chi connectivity index (χ1v) is 10.5. The molecule has 0 aliphatic rings. The molecule has 1 heterocycles. The van der Waals surface area contributed by atoms with Gasteiger partial charge in [-0.2, -0.15) is 13.2 Å². The van der Waals surface area contributed by atoms with Gasteiger partial charge in [-0.3, -0.25) is 4.79 Å². The minimum Gasteiger partial charge on any atom is -0.497 e. The van der Waals surface area contributed by atoms with Gasteiger partial charge in [0.25, 0.3) is 5.91 Å². The summed E-state index contributed by atoms with van der Waals surface area (Å²) in [5, 5.41) is 0. The molecule has 0 aliphatic carbocycles. The molecule has 3 aromatic rings. The van der Waals surface area contributed by atoms with E-state index in [2.05, 4.69) is 0 Å². The van der Waals surface area contributed by atoms with Gasteiger partial charge >= 0.3 is 6.18 Å². The van der Waals surface area contributed by atoms with Crippen LogP contribution >= 0.6 is 0 Å². The summed E-state index contributed by atoms with van der Waals surface area (Å²) < 4.78 is 51.5. The highest BCUT2D eigenvalue weighted by Gasteiger charge is 2.30. The Bertz CT molecular complexity index is 1060. The van der Waals surface area contributed by atoms with Gasteiger partial charge in [-0.05, 0) is 54.4 Å². The van der Waals surface area contributed by atoms with Crippen LogP contribution in [0.1, 0.15) is 33.6 Å². The Kier molecular flexibility index (Phi) is 8.16. The molecule has 0 spiro atoms. The summed E-state index contributed by atoms with van der Waals surface area (Å²) in [6.07, 6.45) is -1.93. The highest BCUT2D eigenvalue weighted by molar-refractivity contribution is 5.94. The Morgan fingerprint density at radius 1 is 1.03 bits per heavy atom. The third-order valence-corrected chi connectivity index (χ3v) is 5.26. The van der Waals surface area contributed by atoms with Crippen LogP contribution in [-0.4, -0.2) is 42.7 Å². The van der Waals surface area contributed by atoms with E-state index in [9.17, 15) is 18.0 Å². The Hall–Kier alpha value is -3.26. The smallest absolute Gasteiger partial charge is 0.416 e. The third kappa shape index (κ3) is 6.61. The standard InChI is InChI=1S/C25H27F3N2O3/c1-32-14-6-13-30(24(31)20-8-4-11-23(16-20)33-2)18-22-10-5-12-29(22)17-19-7-3-9-21(15-19)25(26,27)28/h3-5,7-12,15-16H,6,13-14,17-18H2,1-2H3. The van der Waals surface area contributed by atoms with Crippen LogP contribution < -0.4 is 4.74 Å². The summed E-state index contributed by atoms with van der Waals surface area (Å²) >= 11 is 0. The molecule has 33 heavy (non-hydrogen) atoms. The Morgan fingerprint density at radius 3 is 2.55 bits per heavy atom. The van der Waals surface area contributed by atoms with E-state index >= 15 is 0 Å². The molecule has 0 N–H and O–H groups in total. The van der Waals surface area contributed by atoms with E-state index in [1.807, 2.05) is 16.7 Å². The van der Waals surface area contributed by atoms with Crippen molar-refractivity contribution in [3.05, 3.63) is 89.2 Å². The first-order chi connectivity index (χ1) is 15.8. The molecular formula is C25H27F3N2O3. The average Bonchev–Trinajstić information content (AvgIpc) is 3.24. The van der Waals surface area contributed by atoms with Gasteiger partial charge < -0.3 is 18.9 Å². The van der Waals surface area contributed by atoms with E-state index in [1.54, 1.807) is 55.6 Å². The molecule has 0 radical (unpaired) electrons. The zero-order valence-corrected chi connectivity index (χ0v) is 18.6. The number of amides is 1. The molecule has 3 rings (SSSR count). The number of nitrogens with zero attached hydrogens (tertiary/aromatic N) is 2. The summed E-state index contributed by atoms with van der Waals surface area (Å²) in [6, 6.07) is 15.9. The van der Waals surface area contributed by atoms with E-state index in [4.69, 9.17) is 9.47 Å². The zero-order valence-electron chi connectivity index (χ0n) is 18.6. The van der Waals surface area contributed by atoms with Crippen LogP contribution in [0.25, 0.3) is 0 Å². The van der Waals surface area contributed by atoms with Crippen LogP contribution in [-0.2, 0) is 24.0 Å². The topological polar surface area (TPSA) is 43.7 Å². The van der Waals surface area contributed by atoms with Crippen molar-refractivity contribution in [2.75, 3.05) is 27.4 Å². The number of benzene rings is 2. The molecule has 0 aliphatic heterocycles. The zero-order chi connectivity index (χ0) is 23.8. The van der Waals surface area contributed by atoms with Crippen molar-refractivity contribution in [1.82, 2.24) is 9.47 Å². The maximum atomic E-state index is 13.3. The SMILES string of the molecule is COCCCN(Cc1cccn1Cc1cccc(C(F)(F)F)c1)C(=O)c1cccc(OC)c1. The molecule has 0 saturated heterocycles. The van der Waals surface area contributed by atoms with Crippen molar-refractivity contribution in [2.45, 2.75) is 25.7 Å². The van der Waals surface area contributed by atoms with Crippen LogP contribution in [0, 0.1) is 0 Å². The number of hydrogen-bond donors (Lipinski definition) is 0. The Labute approximate surface area is 191 Å². The van der Waals surface area contributed by atoms with Gasteiger partial charge in [-0.25, -0.2) is 0 Å². The summed E-state index contributed by atoms with van der Waals surface area (Å²) in [7, 11) is 3.15. The number of carbonyl (C=O) groups excluding carboxylic acids is 1. The highest BCUT2D eigenvalue weighted by Crippen LogP contribution is 2.29. The Balaban J connectivity index is 1.81. The van der Waals surface area contributed by atoms with E-state index in [0.717, 1.165) is 17.8 Å². The molecule has 8 heteroatoms. The van der Waals surface area contributed by atoms with Crippen molar-refractivity contribution < 1.29 is 27.4 Å². The van der Waals surface area contributed by atoms with Gasteiger partial charge in [0.05, 0.1) is 19.2 Å². The molecule has 176 valence electrons. The van der Waals surface area contributed by atoms with Crippen molar-refractivity contribution in [2.24, 2.45) is 0 Å². The number of ether oxygens (including phenoxy) is 2. The van der Waals surface area contributed by atoms with Crippen LogP contribution in [0.3, 0.4) is 0 Å². The predicted octanol–water partition coefficient (Wildman–Crippen LogP) is 5.24. The molecule has 0 atom stereocenters. The van der Waals surface area contributed by atoms with Gasteiger partial charge in [-0.1, -0.05) is 18.2 Å². The monoisotopic (exact) mass is 460 g/mol. The van der Waals surface area contributed by atoms with Gasteiger partial charge in [0.15, 0.2) is 0 Å². The summed E-state index contributed by atoms with van der Waals surface area (Å²) in [5.74, 6) is 0.433. The maximum absolute atomic E-state index is 13.3. The molecule has 0 unspecified atom stereocenters. The minimum atomic E-state index is -4.39. The lowest BCUT2D eigenvalue weighted by Crippen LogP contribution is -2.33. The summed E-state index contributed by atoms with van der Waals surface area (Å²) in [5.41, 5.74) is 1.18. The fraction of sp³-hybridized carbons (Fsp3) is 0.320. The fourth-order valence-electron chi connectivity index (χ4n) is 3.58. The predicted molar refractivity (Wildman–Crippen MR) is 119 cm³/mol. The van der Waals surface area contributed by atoms with Crippen LogP contribution in [0.15, 0.2) is 66.9 Å².